The Morgan fingerprint density at radius 1 is 1.03 bits per heavy atom. The van der Waals surface area contributed by atoms with E-state index in [1.165, 1.54) is 35.5 Å². The van der Waals surface area contributed by atoms with Crippen LogP contribution >= 0.6 is 0 Å². The van der Waals surface area contributed by atoms with E-state index in [-0.39, 0.29) is 11.3 Å². The number of hydrogen-bond acceptors (Lipinski definition) is 9. The molecule has 4 aliphatic rings. The number of hydrogen-bond donors (Lipinski definition) is 0. The van der Waals surface area contributed by atoms with E-state index in [2.05, 4.69) is 5.10 Å². The Bertz CT molecular complexity index is 1350. The number of nitrogens with zero attached hydrogens (tertiary/aromatic N) is 4. The summed E-state index contributed by atoms with van der Waals surface area (Å²) in [6.07, 6.45) is 4.89. The zero-order valence-corrected chi connectivity index (χ0v) is 18.1. The van der Waals surface area contributed by atoms with Gasteiger partial charge in [0.2, 0.25) is 11.8 Å². The average Bonchev–Trinajstić information content (AvgIpc) is 3.35. The number of imide groups is 1. The van der Waals surface area contributed by atoms with E-state index in [1.54, 1.807) is 30.4 Å². The number of anilines is 1. The summed E-state index contributed by atoms with van der Waals surface area (Å²) in [5.74, 6) is -2.37. The largest absolute Gasteiger partial charge is 0.486 e. The number of nitro benzene ring substituents is 1. The Labute approximate surface area is 198 Å². The first-order chi connectivity index (χ1) is 17.0. The van der Waals surface area contributed by atoms with Gasteiger partial charge in [0.05, 0.1) is 28.5 Å². The Kier molecular flexibility index (Phi) is 4.66. The standard InChI is InChI=1S/C24H18N4O7/c29-22(13-3-1-4-15(11-13)28(32)33)21-20-19(16-5-2-8-25-27(16)21)23(30)26(24(20)31)14-6-7-17-18(12-14)35-10-9-34-17/h1-8,11-12,16,19-21H,9-10H2/t16-,19-,20-,21+/m0/s1. The first kappa shape index (κ1) is 21.0. The third-order valence-corrected chi connectivity index (χ3v) is 6.68. The number of rotatable bonds is 4. The molecule has 0 unspecified atom stereocenters. The molecule has 2 saturated heterocycles. The predicted molar refractivity (Wildman–Crippen MR) is 121 cm³/mol. The van der Waals surface area contributed by atoms with E-state index in [0.717, 1.165) is 4.90 Å². The highest BCUT2D eigenvalue weighted by Gasteiger charge is 2.64. The quantitative estimate of drug-likeness (QED) is 0.284. The van der Waals surface area contributed by atoms with E-state index in [9.17, 15) is 24.5 Å². The van der Waals surface area contributed by atoms with E-state index in [1.807, 2.05) is 0 Å². The minimum atomic E-state index is -1.09. The zero-order chi connectivity index (χ0) is 24.3. The molecular formula is C24H18N4O7. The lowest BCUT2D eigenvalue weighted by Gasteiger charge is -2.30. The van der Waals surface area contributed by atoms with Crippen LogP contribution in [0.1, 0.15) is 10.4 Å². The van der Waals surface area contributed by atoms with Crippen molar-refractivity contribution in [2.45, 2.75) is 12.1 Å². The zero-order valence-electron chi connectivity index (χ0n) is 18.1. The van der Waals surface area contributed by atoms with Crippen molar-refractivity contribution in [1.82, 2.24) is 5.01 Å². The number of carbonyl (C=O) groups is 3. The van der Waals surface area contributed by atoms with Gasteiger partial charge in [-0.25, -0.2) is 4.90 Å². The summed E-state index contributed by atoms with van der Waals surface area (Å²) >= 11 is 0. The molecule has 0 radical (unpaired) electrons. The van der Waals surface area contributed by atoms with Crippen LogP contribution in [0.15, 0.2) is 59.7 Å². The molecule has 6 rings (SSSR count). The van der Waals surface area contributed by atoms with Gasteiger partial charge in [-0.1, -0.05) is 18.2 Å². The minimum Gasteiger partial charge on any atom is -0.486 e. The lowest BCUT2D eigenvalue weighted by Crippen LogP contribution is -2.46. The molecule has 0 saturated carbocycles. The second-order valence-corrected chi connectivity index (χ2v) is 8.53. The van der Waals surface area contributed by atoms with Gasteiger partial charge in [-0.2, -0.15) is 5.10 Å². The van der Waals surface area contributed by atoms with Gasteiger partial charge < -0.3 is 9.47 Å². The maximum Gasteiger partial charge on any atom is 0.270 e. The second-order valence-electron chi connectivity index (χ2n) is 8.53. The molecule has 35 heavy (non-hydrogen) atoms. The predicted octanol–water partition coefficient (Wildman–Crippen LogP) is 1.96. The maximum atomic E-state index is 13.7. The SMILES string of the molecule is O=C(c1cccc([N+](=O)[O-])c1)[C@H]1[C@H]2C(=O)N(c3ccc4c(c3)OCCO4)C(=O)[C@H]2[C@@H]2C=CC=NN21. The molecule has 0 N–H and O–H groups in total. The van der Waals surface area contributed by atoms with E-state index >= 15 is 0 Å². The van der Waals surface area contributed by atoms with Gasteiger partial charge in [0.25, 0.3) is 5.69 Å². The number of carbonyl (C=O) groups excluding carboxylic acids is 3. The van der Waals surface area contributed by atoms with E-state index < -0.39 is 46.4 Å². The molecule has 0 aliphatic carbocycles. The number of ether oxygens (including phenoxy) is 2. The summed E-state index contributed by atoms with van der Waals surface area (Å²) in [5.41, 5.74) is 0.164. The minimum absolute atomic E-state index is 0.0754. The summed E-state index contributed by atoms with van der Waals surface area (Å²) in [4.78, 5) is 52.6. The molecule has 2 amide bonds. The fourth-order valence-electron chi connectivity index (χ4n) is 5.21. The van der Waals surface area contributed by atoms with Gasteiger partial charge in [-0.05, 0) is 18.2 Å². The molecule has 11 heteroatoms. The average molecular weight is 474 g/mol. The third-order valence-electron chi connectivity index (χ3n) is 6.68. The number of ketones is 1. The van der Waals surface area contributed by atoms with Gasteiger partial charge in [0.15, 0.2) is 17.3 Å². The van der Waals surface area contributed by atoms with Gasteiger partial charge >= 0.3 is 0 Å². The van der Waals surface area contributed by atoms with Crippen LogP contribution in [0.2, 0.25) is 0 Å². The first-order valence-electron chi connectivity index (χ1n) is 11.0. The smallest absolute Gasteiger partial charge is 0.270 e. The summed E-state index contributed by atoms with van der Waals surface area (Å²) in [6, 6.07) is 8.47. The molecule has 4 heterocycles. The number of hydrazone groups is 1. The molecule has 2 aromatic rings. The summed E-state index contributed by atoms with van der Waals surface area (Å²) in [7, 11) is 0. The van der Waals surface area contributed by atoms with Crippen LogP contribution in [-0.4, -0.2) is 59.0 Å². The number of allylic oxidation sites excluding steroid dienone is 1. The van der Waals surface area contributed by atoms with E-state index in [0.29, 0.717) is 30.4 Å². The highest BCUT2D eigenvalue weighted by molar-refractivity contribution is 6.24. The van der Waals surface area contributed by atoms with Crippen molar-refractivity contribution in [2.24, 2.45) is 16.9 Å². The number of nitro groups is 1. The summed E-state index contributed by atoms with van der Waals surface area (Å²) < 4.78 is 11.1. The number of Topliss-reactive ketones (excluding diaryl/α,β-unsaturated/α-hetero) is 1. The van der Waals surface area contributed by atoms with Crippen molar-refractivity contribution >= 4 is 35.2 Å². The Morgan fingerprint density at radius 2 is 1.80 bits per heavy atom. The highest BCUT2D eigenvalue weighted by atomic mass is 16.6. The summed E-state index contributed by atoms with van der Waals surface area (Å²) in [6.45, 7) is 0.757. The van der Waals surface area contributed by atoms with Gasteiger partial charge in [0, 0.05) is 30.0 Å². The Balaban J connectivity index is 1.40. The number of fused-ring (bicyclic) bond motifs is 4. The van der Waals surface area contributed by atoms with Crippen LogP contribution in [0.25, 0.3) is 0 Å². The number of benzene rings is 2. The van der Waals surface area contributed by atoms with Crippen LogP contribution in [0.3, 0.4) is 0 Å². The fraction of sp³-hybridized carbons (Fsp3) is 0.250. The Hall–Kier alpha value is -4.54. The monoisotopic (exact) mass is 474 g/mol. The van der Waals surface area contributed by atoms with Crippen molar-refractivity contribution < 1.29 is 28.8 Å². The number of non-ortho nitro benzene ring substituents is 1. The lowest BCUT2D eigenvalue weighted by atomic mass is 9.86. The molecule has 2 fully saturated rings. The Morgan fingerprint density at radius 3 is 2.60 bits per heavy atom. The van der Waals surface area contributed by atoms with Crippen molar-refractivity contribution in [3.63, 3.8) is 0 Å². The first-order valence-corrected chi connectivity index (χ1v) is 11.0. The van der Waals surface area contributed by atoms with Crippen LogP contribution in [0, 0.1) is 22.0 Å². The van der Waals surface area contributed by atoms with E-state index in [4.69, 9.17) is 9.47 Å². The van der Waals surface area contributed by atoms with Gasteiger partial charge in [-0.15, -0.1) is 0 Å². The van der Waals surface area contributed by atoms with Crippen molar-refractivity contribution in [1.29, 1.82) is 0 Å². The van der Waals surface area contributed by atoms with Crippen LogP contribution in [0.5, 0.6) is 11.5 Å². The molecule has 4 aliphatic heterocycles. The molecule has 0 bridgehead atoms. The van der Waals surface area contributed by atoms with Gasteiger partial charge in [-0.3, -0.25) is 29.5 Å². The molecule has 0 spiro atoms. The van der Waals surface area contributed by atoms with Crippen molar-refractivity contribution in [2.75, 3.05) is 18.1 Å². The lowest BCUT2D eigenvalue weighted by molar-refractivity contribution is -0.384. The molecular weight excluding hydrogens is 456 g/mol. The molecule has 0 aromatic heterocycles. The fourth-order valence-corrected chi connectivity index (χ4v) is 5.21. The third kappa shape index (κ3) is 3.11. The topological polar surface area (TPSA) is 132 Å². The highest BCUT2D eigenvalue weighted by Crippen LogP contribution is 2.47. The van der Waals surface area contributed by atoms with Gasteiger partial charge in [0.1, 0.15) is 19.3 Å². The number of amides is 2. The normalized spacial score (nSPS) is 26.1. The van der Waals surface area contributed by atoms with Crippen molar-refractivity contribution in [3.8, 4) is 11.5 Å². The molecule has 4 atom stereocenters. The molecule has 11 nitrogen and oxygen atoms in total. The summed E-state index contributed by atoms with van der Waals surface area (Å²) in [5, 5.41) is 17.0. The maximum absolute atomic E-state index is 13.7. The second kappa shape index (κ2) is 7.76. The molecule has 2 aromatic carbocycles. The van der Waals surface area contributed by atoms with Crippen molar-refractivity contribution in [3.05, 3.63) is 70.3 Å². The van der Waals surface area contributed by atoms with Crippen LogP contribution in [0.4, 0.5) is 11.4 Å². The molecule has 176 valence electrons. The van der Waals surface area contributed by atoms with Crippen LogP contribution < -0.4 is 14.4 Å². The van der Waals surface area contributed by atoms with Crippen LogP contribution in [-0.2, 0) is 9.59 Å².